The Morgan fingerprint density at radius 2 is 1.45 bits per heavy atom. The molecule has 0 unspecified atom stereocenters. The smallest absolute Gasteiger partial charge is 0.298 e. The van der Waals surface area contributed by atoms with Gasteiger partial charge in [-0.2, -0.15) is 8.42 Å². The van der Waals surface area contributed by atoms with Crippen LogP contribution in [0.1, 0.15) is 142 Å². The van der Waals surface area contributed by atoms with Gasteiger partial charge in [-0.15, -0.1) is 6.42 Å². The maximum absolute atomic E-state index is 14.0. The van der Waals surface area contributed by atoms with E-state index in [0.29, 0.717) is 12.8 Å². The number of hydrogen-bond acceptors (Lipinski definition) is 6. The number of fused-ring (bicyclic) bond motifs is 1. The van der Waals surface area contributed by atoms with Crippen molar-refractivity contribution in [2.75, 3.05) is 0 Å². The lowest BCUT2D eigenvalue weighted by molar-refractivity contribution is -0.0350. The topological polar surface area (TPSA) is 71.1 Å². The van der Waals surface area contributed by atoms with Gasteiger partial charge in [-0.1, -0.05) is 107 Å². The van der Waals surface area contributed by atoms with Gasteiger partial charge in [0.15, 0.2) is 14.4 Å². The lowest BCUT2D eigenvalue weighted by atomic mass is 9.89. The monoisotopic (exact) mass is 648 g/mol. The van der Waals surface area contributed by atoms with E-state index < -0.39 is 30.6 Å². The SMILES string of the molecule is C#C[C@H](OS(=O)(=O)c1c(C(C)C)cc(C(C)C)cc1C(C)C)[C@@H]1C[C@H]2O[C@@H]([C@H](CCCCC)O[Si](C)(C)C(C)(C)C)C[C@H]2O1. The molecule has 8 heteroatoms. The molecule has 6 nitrogen and oxygen atoms in total. The van der Waals surface area contributed by atoms with Gasteiger partial charge < -0.3 is 13.9 Å². The van der Waals surface area contributed by atoms with Crippen LogP contribution >= 0.6 is 0 Å². The molecule has 1 aromatic carbocycles. The zero-order valence-corrected chi connectivity index (χ0v) is 31.3. The summed E-state index contributed by atoms with van der Waals surface area (Å²) in [6, 6.07) is 4.02. The fourth-order valence-corrected chi connectivity index (χ4v) is 9.17. The van der Waals surface area contributed by atoms with E-state index in [1.807, 2.05) is 39.8 Å². The predicted molar refractivity (Wildman–Crippen MR) is 182 cm³/mol. The second kappa shape index (κ2) is 14.7. The van der Waals surface area contributed by atoms with E-state index in [1.54, 1.807) is 0 Å². The molecule has 2 aliphatic rings. The van der Waals surface area contributed by atoms with Crippen molar-refractivity contribution in [3.05, 3.63) is 28.8 Å². The first kappa shape index (κ1) is 37.2. The molecule has 0 aliphatic carbocycles. The minimum atomic E-state index is -4.18. The molecular weight excluding hydrogens is 589 g/mol. The van der Waals surface area contributed by atoms with Crippen molar-refractivity contribution in [3.8, 4) is 12.3 Å². The predicted octanol–water partition coefficient (Wildman–Crippen LogP) is 9.05. The number of unbranched alkanes of at least 4 members (excludes halogenated alkanes) is 2. The van der Waals surface area contributed by atoms with Crippen LogP contribution in [0.2, 0.25) is 18.1 Å². The lowest BCUT2D eigenvalue weighted by Crippen LogP contribution is -2.47. The van der Waals surface area contributed by atoms with Crippen molar-refractivity contribution in [1.82, 2.24) is 0 Å². The summed E-state index contributed by atoms with van der Waals surface area (Å²) < 4.78 is 53.8. The lowest BCUT2D eigenvalue weighted by Gasteiger charge is -2.41. The van der Waals surface area contributed by atoms with Crippen molar-refractivity contribution in [1.29, 1.82) is 0 Å². The molecule has 0 aromatic heterocycles. The first-order valence-electron chi connectivity index (χ1n) is 16.9. The van der Waals surface area contributed by atoms with E-state index in [1.165, 1.54) is 6.42 Å². The highest BCUT2D eigenvalue weighted by Crippen LogP contribution is 2.43. The van der Waals surface area contributed by atoms with Gasteiger partial charge in [0.1, 0.15) is 4.90 Å². The standard InChI is InChI=1S/C36H60O6SSi/c1-14-16-17-18-30(42-44(12,13)36(9,10)11)32-22-34-33(40-32)21-31(39-34)29(15-2)41-43(37,38)35-27(24(5)6)19-26(23(3)4)20-28(35)25(7)8/h2,19-20,23-25,29-34H,14,16-18,21-22H2,1,3-13H3/t29-,30-,31-,32+,33+,34+/m0/s1. The molecule has 0 amide bonds. The molecule has 2 fully saturated rings. The number of terminal acetylenes is 1. The first-order valence-corrected chi connectivity index (χ1v) is 21.2. The van der Waals surface area contributed by atoms with E-state index in [4.69, 9.17) is 24.5 Å². The van der Waals surface area contributed by atoms with Crippen molar-refractivity contribution in [2.24, 2.45) is 0 Å². The molecule has 0 bridgehead atoms. The summed E-state index contributed by atoms with van der Waals surface area (Å²) in [5.74, 6) is 2.86. The molecule has 44 heavy (non-hydrogen) atoms. The zero-order chi connectivity index (χ0) is 33.2. The second-order valence-corrected chi connectivity index (χ2v) is 21.7. The van der Waals surface area contributed by atoms with E-state index in [2.05, 4.69) is 60.6 Å². The molecule has 1 aromatic rings. The molecule has 2 heterocycles. The number of benzene rings is 1. The number of rotatable bonds is 14. The third kappa shape index (κ3) is 8.57. The Kier molecular flexibility index (Phi) is 12.4. The minimum Gasteiger partial charge on any atom is -0.411 e. The fourth-order valence-electron chi connectivity index (χ4n) is 6.07. The van der Waals surface area contributed by atoms with E-state index in [-0.39, 0.29) is 52.1 Å². The molecule has 3 rings (SSSR count). The van der Waals surface area contributed by atoms with Crippen LogP contribution in [0.25, 0.3) is 0 Å². The molecule has 0 radical (unpaired) electrons. The Hall–Kier alpha value is -1.21. The van der Waals surface area contributed by atoms with Gasteiger partial charge in [0.2, 0.25) is 0 Å². The van der Waals surface area contributed by atoms with Crippen LogP contribution in [0.3, 0.4) is 0 Å². The Bertz CT molecular complexity index is 1210. The molecular formula is C36H60O6SSi. The van der Waals surface area contributed by atoms with Crippen LogP contribution in [0.15, 0.2) is 17.0 Å². The normalized spacial score (nSPS) is 24.2. The summed E-state index contributed by atoms with van der Waals surface area (Å²) in [7, 11) is -6.17. The summed E-state index contributed by atoms with van der Waals surface area (Å²) >= 11 is 0. The zero-order valence-electron chi connectivity index (χ0n) is 29.5. The quantitative estimate of drug-likeness (QED) is 0.0868. The van der Waals surface area contributed by atoms with E-state index >= 15 is 0 Å². The van der Waals surface area contributed by atoms with E-state index in [0.717, 1.165) is 36.0 Å². The van der Waals surface area contributed by atoms with Crippen LogP contribution in [0.4, 0.5) is 0 Å². The summed E-state index contributed by atoms with van der Waals surface area (Å²) in [5, 5.41) is 0.106. The molecule has 2 saturated heterocycles. The maximum atomic E-state index is 14.0. The van der Waals surface area contributed by atoms with Crippen molar-refractivity contribution < 1.29 is 26.5 Å². The second-order valence-electron chi connectivity index (χ2n) is 15.4. The molecule has 0 N–H and O–H groups in total. The highest BCUT2D eigenvalue weighted by atomic mass is 32.2. The van der Waals surface area contributed by atoms with Gasteiger partial charge in [0, 0.05) is 12.8 Å². The van der Waals surface area contributed by atoms with E-state index in [9.17, 15) is 8.42 Å². The maximum Gasteiger partial charge on any atom is 0.298 e. The minimum absolute atomic E-state index is 0.00454. The molecule has 0 spiro atoms. The number of ether oxygens (including phenoxy) is 2. The summed E-state index contributed by atoms with van der Waals surface area (Å²) in [6.07, 6.45) is 9.57. The van der Waals surface area contributed by atoms with Crippen LogP contribution in [-0.2, 0) is 28.2 Å². The van der Waals surface area contributed by atoms with Crippen LogP contribution in [0.5, 0.6) is 0 Å². The fraction of sp³-hybridized carbons (Fsp3) is 0.778. The molecule has 6 atom stereocenters. The van der Waals surface area contributed by atoms with Gasteiger partial charge >= 0.3 is 0 Å². The number of hydrogen-bond donors (Lipinski definition) is 0. The summed E-state index contributed by atoms with van der Waals surface area (Å²) in [5.41, 5.74) is 2.65. The molecule has 2 aliphatic heterocycles. The highest BCUT2D eigenvalue weighted by Gasteiger charge is 2.50. The van der Waals surface area contributed by atoms with Crippen LogP contribution in [-0.4, -0.2) is 53.4 Å². The van der Waals surface area contributed by atoms with Gasteiger partial charge in [-0.05, 0) is 59.0 Å². The Balaban J connectivity index is 1.79. The van der Waals surface area contributed by atoms with Gasteiger partial charge in [-0.25, -0.2) is 4.18 Å². The Labute approximate surface area is 270 Å². The average molecular weight is 649 g/mol. The summed E-state index contributed by atoms with van der Waals surface area (Å²) in [6.45, 7) is 25.9. The largest absolute Gasteiger partial charge is 0.411 e. The third-order valence-corrected chi connectivity index (χ3v) is 15.8. The average Bonchev–Trinajstić information content (AvgIpc) is 3.49. The van der Waals surface area contributed by atoms with Crippen molar-refractivity contribution in [3.63, 3.8) is 0 Å². The van der Waals surface area contributed by atoms with Gasteiger partial charge in [-0.3, -0.25) is 0 Å². The van der Waals surface area contributed by atoms with Gasteiger partial charge in [0.25, 0.3) is 10.1 Å². The highest BCUT2D eigenvalue weighted by molar-refractivity contribution is 7.87. The first-order chi connectivity index (χ1) is 20.3. The Morgan fingerprint density at radius 1 is 0.932 bits per heavy atom. The van der Waals surface area contributed by atoms with Crippen molar-refractivity contribution in [2.45, 2.75) is 185 Å². The third-order valence-electron chi connectivity index (χ3n) is 9.86. The van der Waals surface area contributed by atoms with Crippen LogP contribution < -0.4 is 0 Å². The van der Waals surface area contributed by atoms with Crippen LogP contribution in [0, 0.1) is 12.3 Å². The van der Waals surface area contributed by atoms with Gasteiger partial charge in [0.05, 0.1) is 30.5 Å². The summed E-state index contributed by atoms with van der Waals surface area (Å²) in [4.78, 5) is 0.249. The van der Waals surface area contributed by atoms with Crippen molar-refractivity contribution >= 4 is 18.4 Å². The Morgan fingerprint density at radius 3 is 1.91 bits per heavy atom. The molecule has 250 valence electrons. The molecule has 0 saturated carbocycles.